The van der Waals surface area contributed by atoms with Gasteiger partial charge < -0.3 is 4.42 Å². The molecule has 3 rings (SSSR count). The zero-order valence-electron chi connectivity index (χ0n) is 12.6. The summed E-state index contributed by atoms with van der Waals surface area (Å²) in [6.07, 6.45) is 0. The van der Waals surface area contributed by atoms with Gasteiger partial charge in [-0.3, -0.25) is 0 Å². The summed E-state index contributed by atoms with van der Waals surface area (Å²) in [5.74, 6) is 2.05. The third kappa shape index (κ3) is 1.48. The van der Waals surface area contributed by atoms with Crippen LogP contribution >= 0.6 is 0 Å². The van der Waals surface area contributed by atoms with Gasteiger partial charge in [0.1, 0.15) is 11.5 Å². The Labute approximate surface area is 114 Å². The molecule has 0 saturated carbocycles. The van der Waals surface area contributed by atoms with Crippen LogP contribution in [-0.2, 0) is 0 Å². The van der Waals surface area contributed by atoms with E-state index in [9.17, 15) is 0 Å². The van der Waals surface area contributed by atoms with Crippen LogP contribution in [0.4, 0.5) is 0 Å². The second-order valence-electron chi connectivity index (χ2n) is 5.64. The number of aryl methyl sites for hydroxylation is 6. The Morgan fingerprint density at radius 3 is 1.95 bits per heavy atom. The molecule has 1 nitrogen and oxygen atoms in total. The van der Waals surface area contributed by atoms with Crippen LogP contribution in [0.5, 0.6) is 0 Å². The lowest BCUT2D eigenvalue weighted by molar-refractivity contribution is 0.490. The minimum atomic E-state index is 1.02. The van der Waals surface area contributed by atoms with Gasteiger partial charge in [0.05, 0.1) is 0 Å². The van der Waals surface area contributed by atoms with Crippen LogP contribution in [0.2, 0.25) is 0 Å². The molecule has 0 aliphatic heterocycles. The average Bonchev–Trinajstić information content (AvgIpc) is 2.73. The molecule has 0 unspecified atom stereocenters. The Bertz CT molecular complexity index is 819. The molecule has 2 aromatic carbocycles. The fourth-order valence-electron chi connectivity index (χ4n) is 3.36. The van der Waals surface area contributed by atoms with Crippen molar-refractivity contribution in [3.63, 3.8) is 0 Å². The Kier molecular flexibility index (Phi) is 2.50. The van der Waals surface area contributed by atoms with Crippen molar-refractivity contribution in [2.24, 2.45) is 0 Å². The molecule has 0 N–H and O–H groups in total. The van der Waals surface area contributed by atoms with Crippen LogP contribution in [0.25, 0.3) is 21.5 Å². The Balaban J connectivity index is 2.75. The Morgan fingerprint density at radius 2 is 1.26 bits per heavy atom. The van der Waals surface area contributed by atoms with E-state index in [0.717, 1.165) is 11.5 Å². The maximum Gasteiger partial charge on any atom is 0.109 e. The molecule has 1 heterocycles. The van der Waals surface area contributed by atoms with Crippen molar-refractivity contribution in [1.29, 1.82) is 0 Å². The zero-order valence-corrected chi connectivity index (χ0v) is 12.6. The van der Waals surface area contributed by atoms with Crippen molar-refractivity contribution < 1.29 is 4.42 Å². The highest BCUT2D eigenvalue weighted by Gasteiger charge is 2.16. The molecule has 0 bridgehead atoms. The summed E-state index contributed by atoms with van der Waals surface area (Å²) in [5.41, 5.74) is 5.41. The van der Waals surface area contributed by atoms with Crippen molar-refractivity contribution in [3.05, 3.63) is 45.9 Å². The summed E-state index contributed by atoms with van der Waals surface area (Å²) in [6.45, 7) is 12.9. The summed E-state index contributed by atoms with van der Waals surface area (Å²) < 4.78 is 5.93. The average molecular weight is 252 g/mol. The lowest BCUT2D eigenvalue weighted by Crippen LogP contribution is -1.94. The van der Waals surface area contributed by atoms with Gasteiger partial charge in [0.15, 0.2) is 0 Å². The third-order valence-electron chi connectivity index (χ3n) is 4.56. The van der Waals surface area contributed by atoms with Crippen LogP contribution in [0.3, 0.4) is 0 Å². The van der Waals surface area contributed by atoms with E-state index in [1.165, 1.54) is 43.8 Å². The first-order valence-corrected chi connectivity index (χ1v) is 6.82. The zero-order chi connectivity index (χ0) is 13.9. The minimum Gasteiger partial charge on any atom is -0.466 e. The SMILES string of the molecule is Cc1oc(C)c2c(c1C)c(C)c(C)c1c(C)ccc12. The second kappa shape index (κ2) is 3.86. The standard InChI is InChI=1S/C18H20O/c1-9-7-8-15-16(9)10(2)11(3)17-12(4)13(5)19-14(6)18(15)17/h7-8H,1-6H3. The van der Waals surface area contributed by atoms with E-state index in [2.05, 4.69) is 53.7 Å². The molecule has 98 valence electrons. The van der Waals surface area contributed by atoms with E-state index in [4.69, 9.17) is 4.42 Å². The predicted octanol–water partition coefficient (Wildman–Crippen LogP) is 5.44. The maximum absolute atomic E-state index is 5.93. The van der Waals surface area contributed by atoms with Gasteiger partial charge >= 0.3 is 0 Å². The molecule has 0 radical (unpaired) electrons. The van der Waals surface area contributed by atoms with Crippen LogP contribution < -0.4 is 0 Å². The van der Waals surface area contributed by atoms with E-state index in [1.54, 1.807) is 0 Å². The summed E-state index contributed by atoms with van der Waals surface area (Å²) in [6, 6.07) is 4.45. The maximum atomic E-state index is 5.93. The first-order valence-electron chi connectivity index (χ1n) is 6.82. The number of rotatable bonds is 0. The number of fused-ring (bicyclic) bond motifs is 3. The van der Waals surface area contributed by atoms with Gasteiger partial charge in [-0.15, -0.1) is 0 Å². The van der Waals surface area contributed by atoms with Crippen LogP contribution in [-0.4, -0.2) is 0 Å². The van der Waals surface area contributed by atoms with Crippen molar-refractivity contribution in [2.45, 2.75) is 41.5 Å². The summed E-state index contributed by atoms with van der Waals surface area (Å²) in [5, 5.41) is 5.39. The van der Waals surface area contributed by atoms with E-state index in [-0.39, 0.29) is 0 Å². The molecule has 3 aromatic rings. The molecule has 19 heavy (non-hydrogen) atoms. The van der Waals surface area contributed by atoms with Gasteiger partial charge in [-0.05, 0) is 80.0 Å². The van der Waals surface area contributed by atoms with Gasteiger partial charge in [0.2, 0.25) is 0 Å². The first kappa shape index (κ1) is 12.3. The van der Waals surface area contributed by atoms with E-state index < -0.39 is 0 Å². The van der Waals surface area contributed by atoms with Gasteiger partial charge in [0.25, 0.3) is 0 Å². The molecule has 0 amide bonds. The second-order valence-corrected chi connectivity index (χ2v) is 5.64. The topological polar surface area (TPSA) is 13.1 Å². The first-order chi connectivity index (χ1) is 8.93. The fourth-order valence-corrected chi connectivity index (χ4v) is 3.36. The highest BCUT2D eigenvalue weighted by molar-refractivity contribution is 6.14. The molecule has 0 aliphatic carbocycles. The quantitative estimate of drug-likeness (QED) is 0.519. The van der Waals surface area contributed by atoms with Crippen molar-refractivity contribution >= 4 is 21.5 Å². The summed E-state index contributed by atoms with van der Waals surface area (Å²) >= 11 is 0. The van der Waals surface area contributed by atoms with Gasteiger partial charge in [-0.2, -0.15) is 0 Å². The molecule has 1 aromatic heterocycles. The summed E-state index contributed by atoms with van der Waals surface area (Å²) in [7, 11) is 0. The molecule has 0 atom stereocenters. The molecular formula is C18H20O. The van der Waals surface area contributed by atoms with Gasteiger partial charge in [0, 0.05) is 5.39 Å². The Hall–Kier alpha value is -1.76. The lowest BCUT2D eigenvalue weighted by Gasteiger charge is -2.15. The van der Waals surface area contributed by atoms with E-state index >= 15 is 0 Å². The minimum absolute atomic E-state index is 1.02. The van der Waals surface area contributed by atoms with E-state index in [0.29, 0.717) is 0 Å². The lowest BCUT2D eigenvalue weighted by atomic mass is 9.92. The summed E-state index contributed by atoms with van der Waals surface area (Å²) in [4.78, 5) is 0. The smallest absolute Gasteiger partial charge is 0.109 e. The molecule has 0 saturated heterocycles. The van der Waals surface area contributed by atoms with Crippen molar-refractivity contribution in [3.8, 4) is 0 Å². The van der Waals surface area contributed by atoms with Crippen molar-refractivity contribution in [2.75, 3.05) is 0 Å². The molecule has 0 aliphatic rings. The highest BCUT2D eigenvalue weighted by Crippen LogP contribution is 2.38. The monoisotopic (exact) mass is 252 g/mol. The Morgan fingerprint density at radius 1 is 0.632 bits per heavy atom. The van der Waals surface area contributed by atoms with Gasteiger partial charge in [-0.1, -0.05) is 12.1 Å². The fraction of sp³-hybridized carbons (Fsp3) is 0.333. The van der Waals surface area contributed by atoms with Gasteiger partial charge in [-0.25, -0.2) is 0 Å². The molecule has 0 fully saturated rings. The van der Waals surface area contributed by atoms with Crippen LogP contribution in [0.1, 0.15) is 33.8 Å². The van der Waals surface area contributed by atoms with Crippen LogP contribution in [0, 0.1) is 41.5 Å². The van der Waals surface area contributed by atoms with Crippen molar-refractivity contribution in [1.82, 2.24) is 0 Å². The number of hydrogen-bond acceptors (Lipinski definition) is 1. The third-order valence-corrected chi connectivity index (χ3v) is 4.56. The highest BCUT2D eigenvalue weighted by atomic mass is 16.3. The molecule has 0 spiro atoms. The molecule has 1 heteroatoms. The van der Waals surface area contributed by atoms with E-state index in [1.807, 2.05) is 0 Å². The number of hydrogen-bond donors (Lipinski definition) is 0. The predicted molar refractivity (Wildman–Crippen MR) is 82.1 cm³/mol. The van der Waals surface area contributed by atoms with Crippen LogP contribution in [0.15, 0.2) is 16.5 Å². The largest absolute Gasteiger partial charge is 0.466 e. The normalized spacial score (nSPS) is 11.7. The number of benzene rings is 1. The molecular weight excluding hydrogens is 232 g/mol.